The number of benzene rings is 3. The summed E-state index contributed by atoms with van der Waals surface area (Å²) in [5.74, 6) is 1.41. The number of para-hydroxylation sites is 1. The predicted molar refractivity (Wildman–Crippen MR) is 95.3 cm³/mol. The van der Waals surface area contributed by atoms with Crippen LogP contribution in [0.25, 0.3) is 11.1 Å². The molecule has 0 amide bonds. The van der Waals surface area contributed by atoms with Gasteiger partial charge in [-0.1, -0.05) is 36.4 Å². The zero-order valence-corrected chi connectivity index (χ0v) is 14.0. The molecule has 0 saturated carbocycles. The normalized spacial score (nSPS) is 12.8. The summed E-state index contributed by atoms with van der Waals surface area (Å²) in [6.45, 7) is 0.223. The maximum absolute atomic E-state index is 12.5. The number of hydrogen-bond donors (Lipinski definition) is 1. The standard InChI is InChI=1S/C19H15NO4S/c21-25(22,20-16-4-2-1-3-5-16)17-9-6-14(7-10-17)15-8-11-18-19(12-15)24-13-23-18/h1-12,20H,13H2. The van der Waals surface area contributed by atoms with Crippen LogP contribution in [0.3, 0.4) is 0 Å². The van der Waals surface area contributed by atoms with Crippen LogP contribution in [0.15, 0.2) is 77.7 Å². The van der Waals surface area contributed by atoms with Crippen molar-refractivity contribution in [3.8, 4) is 22.6 Å². The van der Waals surface area contributed by atoms with Crippen molar-refractivity contribution >= 4 is 15.7 Å². The maximum atomic E-state index is 12.5. The molecule has 4 rings (SSSR count). The molecule has 0 saturated heterocycles. The Morgan fingerprint density at radius 1 is 0.760 bits per heavy atom. The molecule has 126 valence electrons. The first-order valence-corrected chi connectivity index (χ1v) is 9.18. The van der Waals surface area contributed by atoms with Crippen LogP contribution < -0.4 is 14.2 Å². The fourth-order valence-corrected chi connectivity index (χ4v) is 3.68. The largest absolute Gasteiger partial charge is 0.454 e. The van der Waals surface area contributed by atoms with Crippen LogP contribution in [-0.4, -0.2) is 15.2 Å². The fraction of sp³-hybridized carbons (Fsp3) is 0.0526. The minimum Gasteiger partial charge on any atom is -0.454 e. The second kappa shape index (κ2) is 6.14. The zero-order valence-electron chi connectivity index (χ0n) is 13.2. The quantitative estimate of drug-likeness (QED) is 0.773. The van der Waals surface area contributed by atoms with E-state index in [2.05, 4.69) is 4.72 Å². The van der Waals surface area contributed by atoms with Crippen molar-refractivity contribution in [2.75, 3.05) is 11.5 Å². The first-order chi connectivity index (χ1) is 12.1. The lowest BCUT2D eigenvalue weighted by Crippen LogP contribution is -2.12. The van der Waals surface area contributed by atoms with Crippen LogP contribution in [0, 0.1) is 0 Å². The molecule has 3 aromatic rings. The lowest BCUT2D eigenvalue weighted by molar-refractivity contribution is 0.174. The Balaban J connectivity index is 1.59. The van der Waals surface area contributed by atoms with Gasteiger partial charge in [-0.25, -0.2) is 8.42 Å². The van der Waals surface area contributed by atoms with Crippen LogP contribution in [-0.2, 0) is 10.0 Å². The van der Waals surface area contributed by atoms with Crippen molar-refractivity contribution in [2.24, 2.45) is 0 Å². The molecule has 0 radical (unpaired) electrons. The monoisotopic (exact) mass is 353 g/mol. The van der Waals surface area contributed by atoms with Crippen LogP contribution in [0.4, 0.5) is 5.69 Å². The highest BCUT2D eigenvalue weighted by atomic mass is 32.2. The smallest absolute Gasteiger partial charge is 0.261 e. The van der Waals surface area contributed by atoms with Gasteiger partial charge >= 0.3 is 0 Å². The van der Waals surface area contributed by atoms with E-state index in [9.17, 15) is 8.42 Å². The fourth-order valence-electron chi connectivity index (χ4n) is 2.62. The van der Waals surface area contributed by atoms with Gasteiger partial charge < -0.3 is 9.47 Å². The van der Waals surface area contributed by atoms with Crippen molar-refractivity contribution in [3.05, 3.63) is 72.8 Å². The molecule has 1 aliphatic rings. The van der Waals surface area contributed by atoms with Crippen LogP contribution in [0.2, 0.25) is 0 Å². The third kappa shape index (κ3) is 3.16. The van der Waals surface area contributed by atoms with Crippen molar-refractivity contribution in [3.63, 3.8) is 0 Å². The molecule has 0 aromatic heterocycles. The van der Waals surface area contributed by atoms with Crippen molar-refractivity contribution in [1.29, 1.82) is 0 Å². The molecule has 1 N–H and O–H groups in total. The molecule has 5 nitrogen and oxygen atoms in total. The van der Waals surface area contributed by atoms with Gasteiger partial charge in [0.25, 0.3) is 10.0 Å². The summed E-state index contributed by atoms with van der Waals surface area (Å²) >= 11 is 0. The summed E-state index contributed by atoms with van der Waals surface area (Å²) < 4.78 is 38.2. The van der Waals surface area contributed by atoms with Crippen LogP contribution >= 0.6 is 0 Å². The summed E-state index contributed by atoms with van der Waals surface area (Å²) in [6.07, 6.45) is 0. The van der Waals surface area contributed by atoms with Gasteiger partial charge in [-0.15, -0.1) is 0 Å². The Morgan fingerprint density at radius 2 is 1.44 bits per heavy atom. The molecule has 0 bridgehead atoms. The second-order valence-electron chi connectivity index (χ2n) is 5.56. The summed E-state index contributed by atoms with van der Waals surface area (Å²) in [4.78, 5) is 0.209. The highest BCUT2D eigenvalue weighted by Gasteiger charge is 2.16. The maximum Gasteiger partial charge on any atom is 0.261 e. The molecule has 0 fully saturated rings. The van der Waals surface area contributed by atoms with Crippen LogP contribution in [0.1, 0.15) is 0 Å². The van der Waals surface area contributed by atoms with Gasteiger partial charge in [0.15, 0.2) is 11.5 Å². The van der Waals surface area contributed by atoms with Crippen molar-refractivity contribution in [2.45, 2.75) is 4.90 Å². The van der Waals surface area contributed by atoms with Crippen molar-refractivity contribution in [1.82, 2.24) is 0 Å². The Bertz CT molecular complexity index is 999. The number of fused-ring (bicyclic) bond motifs is 1. The molecule has 6 heteroatoms. The second-order valence-corrected chi connectivity index (χ2v) is 7.25. The highest BCUT2D eigenvalue weighted by molar-refractivity contribution is 7.92. The number of anilines is 1. The lowest BCUT2D eigenvalue weighted by atomic mass is 10.1. The van der Waals surface area contributed by atoms with Gasteiger partial charge in [0.2, 0.25) is 6.79 Å². The van der Waals surface area contributed by atoms with E-state index in [0.29, 0.717) is 11.4 Å². The number of nitrogens with one attached hydrogen (secondary N) is 1. The summed E-state index contributed by atoms with van der Waals surface area (Å²) in [5.41, 5.74) is 2.36. The van der Waals surface area contributed by atoms with Gasteiger partial charge in [-0.2, -0.15) is 0 Å². The Kier molecular flexibility index (Phi) is 3.82. The highest BCUT2D eigenvalue weighted by Crippen LogP contribution is 2.36. The first-order valence-electron chi connectivity index (χ1n) is 7.70. The minimum absolute atomic E-state index is 0.209. The van der Waals surface area contributed by atoms with E-state index in [1.54, 1.807) is 48.5 Å². The molecule has 0 spiro atoms. The first kappa shape index (κ1) is 15.5. The van der Waals surface area contributed by atoms with E-state index < -0.39 is 10.0 Å². The molecule has 1 heterocycles. The Labute approximate surface area is 145 Å². The average molecular weight is 353 g/mol. The molecule has 0 aliphatic carbocycles. The topological polar surface area (TPSA) is 64.6 Å². The third-order valence-corrected chi connectivity index (χ3v) is 5.29. The van der Waals surface area contributed by atoms with E-state index in [1.165, 1.54) is 0 Å². The van der Waals surface area contributed by atoms with E-state index in [0.717, 1.165) is 16.9 Å². The van der Waals surface area contributed by atoms with E-state index >= 15 is 0 Å². The lowest BCUT2D eigenvalue weighted by Gasteiger charge is -2.09. The zero-order chi connectivity index (χ0) is 17.3. The third-order valence-electron chi connectivity index (χ3n) is 3.90. The Morgan fingerprint density at radius 3 is 2.20 bits per heavy atom. The van der Waals surface area contributed by atoms with Gasteiger partial charge in [0, 0.05) is 5.69 Å². The molecular weight excluding hydrogens is 338 g/mol. The molecule has 1 aliphatic heterocycles. The summed E-state index contributed by atoms with van der Waals surface area (Å²) in [7, 11) is -3.62. The number of ether oxygens (including phenoxy) is 2. The van der Waals surface area contributed by atoms with E-state index in [4.69, 9.17) is 9.47 Å². The molecule has 25 heavy (non-hydrogen) atoms. The number of rotatable bonds is 4. The molecule has 0 unspecified atom stereocenters. The average Bonchev–Trinajstić information content (AvgIpc) is 3.10. The van der Waals surface area contributed by atoms with E-state index in [-0.39, 0.29) is 11.7 Å². The van der Waals surface area contributed by atoms with Crippen LogP contribution in [0.5, 0.6) is 11.5 Å². The summed E-state index contributed by atoms with van der Waals surface area (Å²) in [5, 5.41) is 0. The minimum atomic E-state index is -3.62. The Hall–Kier alpha value is -2.99. The number of sulfonamides is 1. The molecule has 0 atom stereocenters. The van der Waals surface area contributed by atoms with E-state index in [1.807, 2.05) is 24.3 Å². The SMILES string of the molecule is O=S(=O)(Nc1ccccc1)c1ccc(-c2ccc3c(c2)OCO3)cc1. The van der Waals surface area contributed by atoms with Crippen molar-refractivity contribution < 1.29 is 17.9 Å². The van der Waals surface area contributed by atoms with Gasteiger partial charge in [0.05, 0.1) is 4.90 Å². The van der Waals surface area contributed by atoms with Gasteiger partial charge in [-0.05, 0) is 47.5 Å². The van der Waals surface area contributed by atoms with Gasteiger partial charge in [-0.3, -0.25) is 4.72 Å². The predicted octanol–water partition coefficient (Wildman–Crippen LogP) is 3.88. The van der Waals surface area contributed by atoms with Gasteiger partial charge in [0.1, 0.15) is 0 Å². The molecule has 3 aromatic carbocycles. The summed E-state index contributed by atoms with van der Waals surface area (Å²) in [6, 6.07) is 21.2. The molecular formula is C19H15NO4S. The number of hydrogen-bond acceptors (Lipinski definition) is 4.